The number of anilines is 1. The van der Waals surface area contributed by atoms with Crippen LogP contribution < -0.4 is 5.73 Å². The highest BCUT2D eigenvalue weighted by Crippen LogP contribution is 2.26. The number of nitrogens with zero attached hydrogens (tertiary/aromatic N) is 2. The highest BCUT2D eigenvalue weighted by Gasteiger charge is 2.12. The second-order valence-corrected chi connectivity index (χ2v) is 4.87. The Bertz CT molecular complexity index is 772. The van der Waals surface area contributed by atoms with Crippen molar-refractivity contribution in [3.8, 4) is 16.9 Å². The Labute approximate surface area is 120 Å². The molecule has 0 aliphatic heterocycles. The van der Waals surface area contributed by atoms with E-state index in [0.29, 0.717) is 16.9 Å². The summed E-state index contributed by atoms with van der Waals surface area (Å²) in [7, 11) is 0. The van der Waals surface area contributed by atoms with E-state index in [2.05, 4.69) is 5.10 Å². The van der Waals surface area contributed by atoms with Crippen molar-refractivity contribution in [3.05, 3.63) is 65.9 Å². The van der Waals surface area contributed by atoms with Crippen LogP contribution in [0.4, 0.5) is 14.5 Å². The first-order valence-electron chi connectivity index (χ1n) is 6.41. The molecule has 3 rings (SSSR count). The van der Waals surface area contributed by atoms with Gasteiger partial charge in [-0.1, -0.05) is 17.7 Å². The van der Waals surface area contributed by atoms with Gasteiger partial charge >= 0.3 is 0 Å². The molecule has 0 amide bonds. The molecule has 0 saturated heterocycles. The molecule has 0 fully saturated rings. The van der Waals surface area contributed by atoms with E-state index in [1.807, 2.05) is 31.2 Å². The van der Waals surface area contributed by atoms with Gasteiger partial charge < -0.3 is 5.73 Å². The van der Waals surface area contributed by atoms with Crippen molar-refractivity contribution in [2.45, 2.75) is 6.92 Å². The average molecular weight is 285 g/mol. The van der Waals surface area contributed by atoms with Crippen molar-refractivity contribution in [1.82, 2.24) is 9.78 Å². The van der Waals surface area contributed by atoms with Gasteiger partial charge in [0.2, 0.25) is 0 Å². The minimum atomic E-state index is -0.658. The van der Waals surface area contributed by atoms with E-state index < -0.39 is 11.6 Å². The number of nitrogen functional groups attached to an aromatic ring is 1. The quantitative estimate of drug-likeness (QED) is 0.780. The van der Waals surface area contributed by atoms with Crippen LogP contribution in [0.5, 0.6) is 0 Å². The van der Waals surface area contributed by atoms with Crippen molar-refractivity contribution >= 4 is 5.69 Å². The third-order valence-electron chi connectivity index (χ3n) is 3.18. The van der Waals surface area contributed by atoms with Crippen LogP contribution in [-0.2, 0) is 0 Å². The molecule has 106 valence electrons. The Kier molecular flexibility index (Phi) is 3.17. The van der Waals surface area contributed by atoms with Gasteiger partial charge in [-0.15, -0.1) is 0 Å². The Balaban J connectivity index is 2.07. The minimum absolute atomic E-state index is 0.316. The molecule has 1 heterocycles. The van der Waals surface area contributed by atoms with E-state index in [9.17, 15) is 8.78 Å². The summed E-state index contributed by atoms with van der Waals surface area (Å²) in [6.07, 6.45) is 1.63. The maximum Gasteiger partial charge on any atom is 0.126 e. The van der Waals surface area contributed by atoms with Crippen molar-refractivity contribution in [1.29, 1.82) is 0 Å². The molecule has 1 aromatic heterocycles. The van der Waals surface area contributed by atoms with E-state index in [4.69, 9.17) is 5.73 Å². The Morgan fingerprint density at radius 1 is 1.00 bits per heavy atom. The van der Waals surface area contributed by atoms with Gasteiger partial charge in [0.1, 0.15) is 17.3 Å². The molecule has 3 nitrogen and oxygen atoms in total. The Morgan fingerprint density at radius 2 is 1.62 bits per heavy atom. The van der Waals surface area contributed by atoms with E-state index in [1.54, 1.807) is 10.9 Å². The molecule has 2 aromatic carbocycles. The lowest BCUT2D eigenvalue weighted by Crippen LogP contribution is -1.95. The second kappa shape index (κ2) is 5.01. The molecular formula is C16H13F2N3. The molecule has 0 atom stereocenters. The number of halogens is 2. The molecule has 21 heavy (non-hydrogen) atoms. The summed E-state index contributed by atoms with van der Waals surface area (Å²) in [4.78, 5) is 0. The van der Waals surface area contributed by atoms with Gasteiger partial charge in [0.25, 0.3) is 0 Å². The van der Waals surface area contributed by atoms with Gasteiger partial charge in [-0.2, -0.15) is 5.10 Å². The summed E-state index contributed by atoms with van der Waals surface area (Å²) in [5.41, 5.74) is 8.91. The topological polar surface area (TPSA) is 43.8 Å². The van der Waals surface area contributed by atoms with Gasteiger partial charge in [-0.25, -0.2) is 13.5 Å². The van der Waals surface area contributed by atoms with Crippen LogP contribution in [0.2, 0.25) is 0 Å². The first-order chi connectivity index (χ1) is 10.0. The molecule has 3 aromatic rings. The fraction of sp³-hybridized carbons (Fsp3) is 0.0625. The van der Waals surface area contributed by atoms with Gasteiger partial charge in [0, 0.05) is 11.6 Å². The predicted molar refractivity (Wildman–Crippen MR) is 78.1 cm³/mol. The Hall–Kier alpha value is -2.69. The second-order valence-electron chi connectivity index (χ2n) is 4.87. The van der Waals surface area contributed by atoms with E-state index in [1.165, 1.54) is 12.1 Å². The third-order valence-corrected chi connectivity index (χ3v) is 3.18. The predicted octanol–water partition coefficient (Wildman–Crippen LogP) is 3.71. The third kappa shape index (κ3) is 2.63. The van der Waals surface area contributed by atoms with Crippen LogP contribution in [0.25, 0.3) is 16.9 Å². The zero-order valence-electron chi connectivity index (χ0n) is 11.3. The van der Waals surface area contributed by atoms with Gasteiger partial charge in [-0.3, -0.25) is 0 Å². The standard InChI is InChI=1S/C16H13F2N3/c1-10-2-4-14(5-3-10)21-9-15(19)16(20-21)11-6-12(17)8-13(18)7-11/h2-9H,19H2,1H3. The van der Waals surface area contributed by atoms with E-state index in [-0.39, 0.29) is 0 Å². The van der Waals surface area contributed by atoms with E-state index in [0.717, 1.165) is 17.3 Å². The highest BCUT2D eigenvalue weighted by atomic mass is 19.1. The average Bonchev–Trinajstić information content (AvgIpc) is 2.80. The van der Waals surface area contributed by atoms with Crippen molar-refractivity contribution in [2.24, 2.45) is 0 Å². The van der Waals surface area contributed by atoms with Crippen LogP contribution in [0.3, 0.4) is 0 Å². The summed E-state index contributed by atoms with van der Waals surface area (Å²) in [5.74, 6) is -1.32. The first kappa shape index (κ1) is 13.3. The number of rotatable bonds is 2. The molecule has 0 bridgehead atoms. The van der Waals surface area contributed by atoms with Crippen LogP contribution >= 0.6 is 0 Å². The number of hydrogen-bond acceptors (Lipinski definition) is 2. The molecule has 2 N–H and O–H groups in total. The van der Waals surface area contributed by atoms with Crippen LogP contribution in [-0.4, -0.2) is 9.78 Å². The fourth-order valence-corrected chi connectivity index (χ4v) is 2.13. The molecular weight excluding hydrogens is 272 g/mol. The fourth-order valence-electron chi connectivity index (χ4n) is 2.13. The zero-order chi connectivity index (χ0) is 15.0. The lowest BCUT2D eigenvalue weighted by atomic mass is 10.1. The first-order valence-corrected chi connectivity index (χ1v) is 6.41. The van der Waals surface area contributed by atoms with Crippen molar-refractivity contribution in [2.75, 3.05) is 5.73 Å². The molecule has 0 spiro atoms. The van der Waals surface area contributed by atoms with Gasteiger partial charge in [0.15, 0.2) is 0 Å². The monoisotopic (exact) mass is 285 g/mol. The van der Waals surface area contributed by atoms with Crippen molar-refractivity contribution < 1.29 is 8.78 Å². The molecule has 0 saturated carbocycles. The summed E-state index contributed by atoms with van der Waals surface area (Å²) >= 11 is 0. The molecule has 0 radical (unpaired) electrons. The van der Waals surface area contributed by atoms with Crippen LogP contribution in [0.15, 0.2) is 48.7 Å². The van der Waals surface area contributed by atoms with Crippen LogP contribution in [0, 0.1) is 18.6 Å². The summed E-state index contributed by atoms with van der Waals surface area (Å²) in [6.45, 7) is 1.99. The molecule has 0 unspecified atom stereocenters. The SMILES string of the molecule is Cc1ccc(-n2cc(N)c(-c3cc(F)cc(F)c3)n2)cc1. The number of aromatic nitrogens is 2. The molecule has 0 aliphatic rings. The zero-order valence-corrected chi connectivity index (χ0v) is 11.3. The largest absolute Gasteiger partial charge is 0.396 e. The maximum absolute atomic E-state index is 13.3. The summed E-state index contributed by atoms with van der Waals surface area (Å²) < 4.78 is 28.2. The van der Waals surface area contributed by atoms with E-state index >= 15 is 0 Å². The lowest BCUT2D eigenvalue weighted by Gasteiger charge is -2.02. The maximum atomic E-state index is 13.3. The lowest BCUT2D eigenvalue weighted by molar-refractivity contribution is 0.584. The number of nitrogens with two attached hydrogens (primary N) is 1. The molecule has 0 aliphatic carbocycles. The number of aryl methyl sites for hydroxylation is 1. The van der Waals surface area contributed by atoms with Gasteiger partial charge in [0.05, 0.1) is 17.6 Å². The number of hydrogen-bond donors (Lipinski definition) is 1. The number of benzene rings is 2. The normalized spacial score (nSPS) is 10.8. The smallest absolute Gasteiger partial charge is 0.126 e. The Morgan fingerprint density at radius 3 is 2.24 bits per heavy atom. The summed E-state index contributed by atoms with van der Waals surface area (Å²) in [6, 6.07) is 10.9. The molecule has 5 heteroatoms. The highest BCUT2D eigenvalue weighted by molar-refractivity contribution is 5.72. The minimum Gasteiger partial charge on any atom is -0.396 e. The van der Waals surface area contributed by atoms with Gasteiger partial charge in [-0.05, 0) is 31.2 Å². The van der Waals surface area contributed by atoms with Crippen LogP contribution in [0.1, 0.15) is 5.56 Å². The van der Waals surface area contributed by atoms with Crippen molar-refractivity contribution in [3.63, 3.8) is 0 Å². The summed E-state index contributed by atoms with van der Waals surface area (Å²) in [5, 5.41) is 4.32.